The first-order valence-corrected chi connectivity index (χ1v) is 8.26. The second kappa shape index (κ2) is 6.62. The van der Waals surface area contributed by atoms with Crippen LogP contribution in [0.1, 0.15) is 68.7 Å². The molecule has 10 heteroatoms. The lowest BCUT2D eigenvalue weighted by atomic mass is 9.91. The fourth-order valence-electron chi connectivity index (χ4n) is 3.47. The van der Waals surface area contributed by atoms with E-state index in [4.69, 9.17) is 24.7 Å². The van der Waals surface area contributed by atoms with E-state index in [2.05, 4.69) is 15.0 Å². The second-order valence-corrected chi connectivity index (χ2v) is 6.51. The Morgan fingerprint density at radius 3 is 2.58 bits per heavy atom. The number of fused-ring (bicyclic) bond motifs is 1. The minimum absolute atomic E-state index is 0. The number of nitrogen functional groups attached to an aromatic ring is 1. The van der Waals surface area contributed by atoms with Gasteiger partial charge in [0.05, 0.1) is 13.2 Å². The number of imidazole rings is 1. The molecule has 10 nitrogen and oxygen atoms in total. The summed E-state index contributed by atoms with van der Waals surface area (Å²) in [5.74, 6) is 0.879. The monoisotopic (exact) mass is 428 g/mol. The molecule has 0 aromatic carbocycles. The van der Waals surface area contributed by atoms with E-state index >= 15 is 0 Å². The largest absolute Gasteiger partial charge is 0.479 e. The zero-order valence-corrected chi connectivity index (χ0v) is 15.8. The number of rotatable bonds is 5. The molecule has 3 N–H and O–H groups in total. The summed E-state index contributed by atoms with van der Waals surface area (Å²) in [6.45, 7) is 5.43. The third-order valence-electron chi connectivity index (χ3n) is 5.10. The zero-order valence-electron chi connectivity index (χ0n) is 15.8. The van der Waals surface area contributed by atoms with E-state index in [1.54, 1.807) is 25.5 Å². The number of ether oxygens (including phenoxy) is 4. The van der Waals surface area contributed by atoms with Gasteiger partial charge in [0.15, 0.2) is 17.4 Å². The van der Waals surface area contributed by atoms with E-state index in [1.807, 2.05) is 6.92 Å². The van der Waals surface area contributed by atoms with Crippen LogP contribution in [0, 0.1) is 6.92 Å². The highest BCUT2D eigenvalue weighted by Crippen LogP contribution is 2.43. The van der Waals surface area contributed by atoms with E-state index in [0.29, 0.717) is 17.0 Å². The number of nitrogens with two attached hydrogens (primary N) is 1. The topological polar surface area (TPSA) is 127 Å². The van der Waals surface area contributed by atoms with Gasteiger partial charge in [0, 0.05) is 57.0 Å². The number of hydrogen-bond acceptors (Lipinski definition) is 9. The highest BCUT2D eigenvalue weighted by molar-refractivity contribution is 5.78. The summed E-state index contributed by atoms with van der Waals surface area (Å²) >= 11 is 0. The SMILES string of the molecule is COc1nc(N)nc2c1nc(C)n2[C@@H]1O[C@H](C(C)OC)[C@@](C)(OC)[C@@H]1O.[HH].[HH].[HH].[HH].[HH].[HH].[HH].[HH].[HH].[HH].[HH].[HH].[HH].[HH].[HH].[HH].[HH].[HH].[HH].[HH].[HH].[HH].[HH].[HH].[HH].[HH].[HH].[HH].[HH].[HH]. The number of aryl methyl sites for hydroxylation is 1. The van der Waals surface area contributed by atoms with E-state index in [1.165, 1.54) is 14.2 Å². The van der Waals surface area contributed by atoms with Crippen LogP contribution in [0.2, 0.25) is 0 Å². The minimum Gasteiger partial charge on any atom is -0.479 e. The molecular weight excluding hydrogens is 342 g/mol. The summed E-state index contributed by atoms with van der Waals surface area (Å²) in [4.78, 5) is 12.8. The molecule has 1 aliphatic heterocycles. The van der Waals surface area contributed by atoms with Crippen molar-refractivity contribution in [2.75, 3.05) is 27.1 Å². The van der Waals surface area contributed by atoms with E-state index in [-0.39, 0.29) is 60.7 Å². The normalized spacial score (nSPS) is 30.0. The first-order valence-electron chi connectivity index (χ1n) is 8.26. The summed E-state index contributed by atoms with van der Waals surface area (Å²) in [5.41, 5.74) is 5.68. The van der Waals surface area contributed by atoms with Crippen LogP contribution in [0.4, 0.5) is 5.95 Å². The van der Waals surface area contributed by atoms with Gasteiger partial charge in [-0.1, -0.05) is 0 Å². The Bertz CT molecular complexity index is 868. The molecule has 2 aromatic rings. The second-order valence-electron chi connectivity index (χ2n) is 6.51. The number of anilines is 1. The van der Waals surface area contributed by atoms with E-state index in [9.17, 15) is 5.11 Å². The number of nitrogens with zero attached hydrogens (tertiary/aromatic N) is 4. The first-order chi connectivity index (χ1) is 12.3. The van der Waals surface area contributed by atoms with Gasteiger partial charge < -0.3 is 29.8 Å². The van der Waals surface area contributed by atoms with Crippen molar-refractivity contribution in [3.63, 3.8) is 0 Å². The Kier molecular flexibility index (Phi) is 4.78. The highest BCUT2D eigenvalue weighted by Gasteiger charge is 2.57. The lowest BCUT2D eigenvalue weighted by Crippen LogP contribution is -2.50. The zero-order chi connectivity index (χ0) is 19.2. The number of methoxy groups -OCH3 is 3. The van der Waals surface area contributed by atoms with E-state index in [0.717, 1.165) is 0 Å². The van der Waals surface area contributed by atoms with Gasteiger partial charge >= 0.3 is 0 Å². The van der Waals surface area contributed by atoms with Gasteiger partial charge in [-0.2, -0.15) is 9.97 Å². The predicted octanol–water partition coefficient (Wildman–Crippen LogP) is 7.80. The van der Waals surface area contributed by atoms with Crippen molar-refractivity contribution in [1.29, 1.82) is 0 Å². The number of aliphatic hydroxyl groups excluding tert-OH is 1. The summed E-state index contributed by atoms with van der Waals surface area (Å²) < 4.78 is 24.1. The maximum Gasteiger partial charge on any atom is 0.246 e. The summed E-state index contributed by atoms with van der Waals surface area (Å²) in [6, 6.07) is 0. The molecular formula is C16H85N5O5. The molecule has 0 radical (unpaired) electrons. The van der Waals surface area contributed by atoms with Crippen LogP contribution >= 0.6 is 0 Å². The van der Waals surface area contributed by atoms with Crippen LogP contribution in [0.3, 0.4) is 0 Å². The molecule has 0 amide bonds. The van der Waals surface area contributed by atoms with Crippen LogP contribution in [0.15, 0.2) is 0 Å². The molecule has 0 saturated carbocycles. The number of hydrogen-bond donors (Lipinski definition) is 2. The van der Waals surface area contributed by atoms with Crippen molar-refractivity contribution < 1.29 is 66.9 Å². The molecule has 204 valence electrons. The van der Waals surface area contributed by atoms with Gasteiger partial charge in [0.1, 0.15) is 23.6 Å². The number of aromatic nitrogens is 4. The molecule has 3 heterocycles. The summed E-state index contributed by atoms with van der Waals surface area (Å²) in [6.07, 6.45) is -2.58. The van der Waals surface area contributed by atoms with Gasteiger partial charge in [0.2, 0.25) is 11.8 Å². The van der Waals surface area contributed by atoms with Crippen molar-refractivity contribution in [2.24, 2.45) is 0 Å². The Hall–Kier alpha value is -2.01. The van der Waals surface area contributed by atoms with Gasteiger partial charge in [-0.15, -0.1) is 0 Å². The average molecular weight is 428 g/mol. The molecule has 5 atom stereocenters. The summed E-state index contributed by atoms with van der Waals surface area (Å²) in [5, 5.41) is 11.0. The van der Waals surface area contributed by atoms with Crippen LogP contribution in [-0.2, 0) is 14.2 Å². The molecule has 1 fully saturated rings. The van der Waals surface area contributed by atoms with Crippen LogP contribution in [0.25, 0.3) is 11.2 Å². The third kappa shape index (κ3) is 2.60. The fraction of sp³-hybridized carbons (Fsp3) is 0.688. The molecule has 1 saturated heterocycles. The molecule has 0 spiro atoms. The Labute approximate surface area is 195 Å². The molecule has 1 unspecified atom stereocenters. The van der Waals surface area contributed by atoms with Crippen LogP contribution in [0.5, 0.6) is 5.88 Å². The van der Waals surface area contributed by atoms with Gasteiger partial charge in [0.25, 0.3) is 0 Å². The number of aliphatic hydroxyl groups is 1. The third-order valence-corrected chi connectivity index (χ3v) is 5.10. The molecule has 3 rings (SSSR count). The minimum atomic E-state index is -0.992. The van der Waals surface area contributed by atoms with Gasteiger partial charge in [-0.05, 0) is 20.8 Å². The Morgan fingerprint density at radius 2 is 2.00 bits per heavy atom. The lowest BCUT2D eigenvalue weighted by Gasteiger charge is -2.33. The maximum atomic E-state index is 11.0. The van der Waals surface area contributed by atoms with Crippen LogP contribution < -0.4 is 10.5 Å². The fourth-order valence-corrected chi connectivity index (χ4v) is 3.47. The molecule has 2 aromatic heterocycles. The highest BCUT2D eigenvalue weighted by atomic mass is 16.6. The molecule has 0 aliphatic carbocycles. The van der Waals surface area contributed by atoms with Crippen molar-refractivity contribution in [1.82, 2.24) is 19.5 Å². The molecule has 1 aliphatic rings. The van der Waals surface area contributed by atoms with E-state index < -0.39 is 24.0 Å². The van der Waals surface area contributed by atoms with Crippen molar-refractivity contribution in [2.45, 2.75) is 50.9 Å². The maximum absolute atomic E-state index is 11.0. The molecule has 26 heavy (non-hydrogen) atoms. The standard InChI is InChI=1S/C16H25N5O5.30H2/c1-7(23-4)11-16(3,25-6)10(22)14(26-11)21-8(2)18-9-12(21)19-15(17)20-13(9)24-5;;;;;;;;;;;;;;;;;;;;;;;;;;;;;;/h7,10-11,14,22H,1-6H3,(H2,17,19,20);30*1H/t7?,10-,11-,14-,16+;;;;;;;;;;;;;;;;;;;;;;;;;;;;;;/m1............................../s1. The van der Waals surface area contributed by atoms with Crippen molar-refractivity contribution in [3.8, 4) is 5.88 Å². The summed E-state index contributed by atoms with van der Waals surface area (Å²) in [7, 11) is 4.60. The van der Waals surface area contributed by atoms with Crippen LogP contribution in [-0.4, -0.2) is 69.9 Å². The quantitative estimate of drug-likeness (QED) is 0.490. The smallest absolute Gasteiger partial charge is 0.246 e. The van der Waals surface area contributed by atoms with Crippen molar-refractivity contribution >= 4 is 17.1 Å². The van der Waals surface area contributed by atoms with Gasteiger partial charge in [-0.25, -0.2) is 4.98 Å². The Morgan fingerprint density at radius 1 is 1.31 bits per heavy atom. The lowest BCUT2D eigenvalue weighted by molar-refractivity contribution is -0.133. The predicted molar refractivity (Wildman–Crippen MR) is 156 cm³/mol. The molecule has 0 bridgehead atoms. The Balaban J connectivity index is -0.0000000101. The van der Waals surface area contributed by atoms with Crippen molar-refractivity contribution in [3.05, 3.63) is 5.82 Å². The first kappa shape index (κ1) is 18.8. The average Bonchev–Trinajstić information content (AvgIpc) is 3.08. The van der Waals surface area contributed by atoms with Gasteiger partial charge in [-0.3, -0.25) is 4.57 Å².